The Kier molecular flexibility index (Phi) is 7.63. The molecule has 0 radical (unpaired) electrons. The lowest BCUT2D eigenvalue weighted by molar-refractivity contribution is 0.568. The van der Waals surface area contributed by atoms with Crippen molar-refractivity contribution in [3.8, 4) is 0 Å². The summed E-state index contributed by atoms with van der Waals surface area (Å²) in [6.07, 6.45) is 1.79. The quantitative estimate of drug-likeness (QED) is 0.319. The maximum atomic E-state index is 4.47. The number of anilines is 3. The molecule has 3 N–H and O–H groups in total. The van der Waals surface area contributed by atoms with Crippen LogP contribution in [0, 0.1) is 13.8 Å². The van der Waals surface area contributed by atoms with E-state index in [1.807, 2.05) is 14.0 Å². The fourth-order valence-corrected chi connectivity index (χ4v) is 3.86. The van der Waals surface area contributed by atoms with E-state index in [9.17, 15) is 0 Å². The lowest BCUT2D eigenvalue weighted by Crippen LogP contribution is -2.17. The van der Waals surface area contributed by atoms with Crippen LogP contribution in [0.4, 0.5) is 17.2 Å². The summed E-state index contributed by atoms with van der Waals surface area (Å²) in [6, 6.07) is 13.1. The van der Waals surface area contributed by atoms with Crippen LogP contribution in [-0.4, -0.2) is 17.0 Å². The van der Waals surface area contributed by atoms with Crippen LogP contribution in [0.15, 0.2) is 55.8 Å². The second-order valence-corrected chi connectivity index (χ2v) is 11.5. The van der Waals surface area contributed by atoms with E-state index in [2.05, 4.69) is 124 Å². The van der Waals surface area contributed by atoms with Crippen molar-refractivity contribution in [2.75, 3.05) is 23.0 Å². The molecule has 0 bridgehead atoms. The molecular formula is C31H41N5. The molecule has 36 heavy (non-hydrogen) atoms. The largest absolute Gasteiger partial charge is 0.372 e. The van der Waals surface area contributed by atoms with Crippen molar-refractivity contribution in [3.05, 3.63) is 89.4 Å². The zero-order chi connectivity index (χ0) is 26.8. The summed E-state index contributed by atoms with van der Waals surface area (Å²) in [7, 11) is 1.85. The van der Waals surface area contributed by atoms with Gasteiger partial charge in [-0.1, -0.05) is 66.8 Å². The molecule has 2 aromatic carbocycles. The van der Waals surface area contributed by atoms with Crippen molar-refractivity contribution in [1.82, 2.24) is 9.97 Å². The number of hydrogen-bond donors (Lipinski definition) is 3. The van der Waals surface area contributed by atoms with Crippen molar-refractivity contribution in [1.29, 1.82) is 0 Å². The minimum absolute atomic E-state index is 0.0451. The van der Waals surface area contributed by atoms with Gasteiger partial charge in [0.05, 0.1) is 5.56 Å². The number of aryl methyl sites for hydroxylation is 2. The molecule has 0 aliphatic heterocycles. The number of nitrogens with one attached hydrogen (secondary N) is 3. The average Bonchev–Trinajstić information content (AvgIpc) is 2.79. The van der Waals surface area contributed by atoms with Gasteiger partial charge in [-0.2, -0.15) is 0 Å². The fourth-order valence-electron chi connectivity index (χ4n) is 3.86. The van der Waals surface area contributed by atoms with Crippen LogP contribution in [0.1, 0.15) is 75.2 Å². The van der Waals surface area contributed by atoms with Gasteiger partial charge >= 0.3 is 0 Å². The molecular weight excluding hydrogens is 442 g/mol. The Balaban J connectivity index is 1.89. The number of hydrogen-bond acceptors (Lipinski definition) is 5. The highest BCUT2D eigenvalue weighted by molar-refractivity contribution is 5.84. The number of nitrogens with zero attached hydrogens (tertiary/aromatic N) is 2. The molecule has 1 aromatic heterocycles. The van der Waals surface area contributed by atoms with Crippen LogP contribution in [0.2, 0.25) is 0 Å². The molecule has 0 saturated carbocycles. The zero-order valence-electron chi connectivity index (χ0n) is 23.4. The van der Waals surface area contributed by atoms with Crippen molar-refractivity contribution >= 4 is 28.6 Å². The Morgan fingerprint density at radius 3 is 1.97 bits per heavy atom. The standard InChI is InChI=1S/C31H41N5/c1-19-12-13-26(17-28(19)35-21(3)27-18-33-22(4)36-29(27)32-11)34-20(2)23-14-24(30(5,6)7)16-25(15-23)31(8,9)10/h12-18,34-35H,2-3H2,1,4-11H3,(H,32,33,36). The monoisotopic (exact) mass is 483 g/mol. The average molecular weight is 484 g/mol. The van der Waals surface area contributed by atoms with Crippen LogP contribution in [0.5, 0.6) is 0 Å². The molecule has 5 nitrogen and oxygen atoms in total. The predicted molar refractivity (Wildman–Crippen MR) is 157 cm³/mol. The maximum Gasteiger partial charge on any atom is 0.138 e. The second-order valence-electron chi connectivity index (χ2n) is 11.5. The first-order valence-electron chi connectivity index (χ1n) is 12.4. The van der Waals surface area contributed by atoms with Gasteiger partial charge in [0.2, 0.25) is 0 Å². The molecule has 1 heterocycles. The molecule has 0 amide bonds. The van der Waals surface area contributed by atoms with Gasteiger partial charge in [-0.25, -0.2) is 9.97 Å². The Bertz CT molecular complexity index is 1260. The first-order valence-corrected chi connectivity index (χ1v) is 12.4. The van der Waals surface area contributed by atoms with Crippen molar-refractivity contribution < 1.29 is 0 Å². The summed E-state index contributed by atoms with van der Waals surface area (Å²) < 4.78 is 0. The van der Waals surface area contributed by atoms with Crippen molar-refractivity contribution in [2.24, 2.45) is 0 Å². The second kappa shape index (κ2) is 10.2. The summed E-state index contributed by atoms with van der Waals surface area (Å²) in [5.41, 5.74) is 9.24. The Labute approximate surface area is 217 Å². The summed E-state index contributed by atoms with van der Waals surface area (Å²) >= 11 is 0. The first-order chi connectivity index (χ1) is 16.7. The third kappa shape index (κ3) is 6.34. The topological polar surface area (TPSA) is 61.9 Å². The Morgan fingerprint density at radius 1 is 0.806 bits per heavy atom. The maximum absolute atomic E-state index is 4.47. The molecule has 3 aromatic rings. The summed E-state index contributed by atoms with van der Waals surface area (Å²) in [4.78, 5) is 8.80. The zero-order valence-corrected chi connectivity index (χ0v) is 23.4. The van der Waals surface area contributed by atoms with Gasteiger partial charge in [0.25, 0.3) is 0 Å². The third-order valence-electron chi connectivity index (χ3n) is 6.30. The fraction of sp³-hybridized carbons (Fsp3) is 0.355. The van der Waals surface area contributed by atoms with Gasteiger partial charge < -0.3 is 16.0 Å². The highest BCUT2D eigenvalue weighted by Crippen LogP contribution is 2.33. The van der Waals surface area contributed by atoms with Gasteiger partial charge in [-0.05, 0) is 71.2 Å². The molecule has 0 atom stereocenters. The normalized spacial score (nSPS) is 11.7. The summed E-state index contributed by atoms with van der Waals surface area (Å²) in [5, 5.41) is 10.1. The minimum Gasteiger partial charge on any atom is -0.372 e. The van der Waals surface area contributed by atoms with E-state index in [1.165, 1.54) is 11.1 Å². The Morgan fingerprint density at radius 2 is 1.42 bits per heavy atom. The van der Waals surface area contributed by atoms with E-state index in [-0.39, 0.29) is 10.8 Å². The summed E-state index contributed by atoms with van der Waals surface area (Å²) in [6.45, 7) is 26.0. The molecule has 0 aliphatic rings. The molecule has 3 rings (SSSR count). The Hall–Kier alpha value is -3.60. The van der Waals surface area contributed by atoms with E-state index in [4.69, 9.17) is 0 Å². The van der Waals surface area contributed by atoms with Crippen LogP contribution in [0.25, 0.3) is 11.4 Å². The summed E-state index contributed by atoms with van der Waals surface area (Å²) in [5.74, 6) is 1.45. The van der Waals surface area contributed by atoms with Gasteiger partial charge in [-0.3, -0.25) is 0 Å². The minimum atomic E-state index is 0.0451. The van der Waals surface area contributed by atoms with Crippen LogP contribution < -0.4 is 16.0 Å². The molecule has 0 spiro atoms. The lowest BCUT2D eigenvalue weighted by Gasteiger charge is -2.27. The van der Waals surface area contributed by atoms with Gasteiger partial charge in [0.1, 0.15) is 11.6 Å². The van der Waals surface area contributed by atoms with E-state index >= 15 is 0 Å². The third-order valence-corrected chi connectivity index (χ3v) is 6.30. The number of rotatable bonds is 7. The van der Waals surface area contributed by atoms with Crippen LogP contribution in [0.3, 0.4) is 0 Å². The molecule has 0 fully saturated rings. The van der Waals surface area contributed by atoms with E-state index in [1.54, 1.807) is 6.20 Å². The van der Waals surface area contributed by atoms with Gasteiger partial charge in [0.15, 0.2) is 0 Å². The van der Waals surface area contributed by atoms with E-state index < -0.39 is 0 Å². The molecule has 0 aliphatic carbocycles. The molecule has 5 heteroatoms. The predicted octanol–water partition coefficient (Wildman–Crippen LogP) is 7.90. The van der Waals surface area contributed by atoms with Crippen LogP contribution >= 0.6 is 0 Å². The molecule has 190 valence electrons. The number of benzene rings is 2. The first kappa shape index (κ1) is 27.0. The van der Waals surface area contributed by atoms with Crippen LogP contribution in [-0.2, 0) is 10.8 Å². The number of aromatic nitrogens is 2. The smallest absolute Gasteiger partial charge is 0.138 e. The van der Waals surface area contributed by atoms with Gasteiger partial charge in [-0.15, -0.1) is 0 Å². The highest BCUT2D eigenvalue weighted by atomic mass is 15.0. The highest BCUT2D eigenvalue weighted by Gasteiger charge is 2.21. The van der Waals surface area contributed by atoms with Crippen molar-refractivity contribution in [3.63, 3.8) is 0 Å². The molecule has 0 saturated heterocycles. The molecule has 0 unspecified atom stereocenters. The SMILES string of the molecule is C=C(Nc1ccc(C)c(NC(=C)c2cnc(C)nc2NC)c1)c1cc(C(C)(C)C)cc(C(C)(C)C)c1. The van der Waals surface area contributed by atoms with E-state index in [0.717, 1.165) is 45.3 Å². The van der Waals surface area contributed by atoms with Gasteiger partial charge in [0, 0.05) is 36.0 Å². The van der Waals surface area contributed by atoms with E-state index in [0.29, 0.717) is 5.82 Å². The lowest BCUT2D eigenvalue weighted by atomic mass is 9.79. The van der Waals surface area contributed by atoms with Crippen molar-refractivity contribution in [2.45, 2.75) is 66.2 Å².